The minimum Gasteiger partial charge on any atom is -0.347 e. The van der Waals surface area contributed by atoms with Crippen LogP contribution >= 0.6 is 27.5 Å². The highest BCUT2D eigenvalue weighted by Crippen LogP contribution is 2.21. The minimum absolute atomic E-state index is 0.0607. The summed E-state index contributed by atoms with van der Waals surface area (Å²) in [5.41, 5.74) is 2.68. The maximum absolute atomic E-state index is 11.9. The number of benzene rings is 2. The van der Waals surface area contributed by atoms with Crippen molar-refractivity contribution in [1.29, 1.82) is 0 Å². The summed E-state index contributed by atoms with van der Waals surface area (Å²) in [6, 6.07) is 13.1. The number of amides is 2. The molecule has 2 rings (SSSR count). The van der Waals surface area contributed by atoms with E-state index in [-0.39, 0.29) is 18.4 Å². The smallest absolute Gasteiger partial charge is 0.243 e. The number of rotatable bonds is 6. The first-order chi connectivity index (χ1) is 11.5. The number of carbonyl (C=O) groups is 2. The maximum atomic E-state index is 11.9. The molecule has 0 aliphatic heterocycles. The molecule has 0 spiro atoms. The Balaban J connectivity index is 1.75. The van der Waals surface area contributed by atoms with Crippen LogP contribution in [0.15, 0.2) is 46.9 Å². The molecule has 6 heteroatoms. The van der Waals surface area contributed by atoms with Gasteiger partial charge in [0.2, 0.25) is 11.8 Å². The van der Waals surface area contributed by atoms with Gasteiger partial charge in [-0.1, -0.05) is 35.9 Å². The summed E-state index contributed by atoms with van der Waals surface area (Å²) < 4.78 is 0.793. The first kappa shape index (κ1) is 18.5. The highest BCUT2D eigenvalue weighted by atomic mass is 79.9. The zero-order chi connectivity index (χ0) is 17.5. The van der Waals surface area contributed by atoms with E-state index in [1.165, 1.54) is 0 Å². The summed E-state index contributed by atoms with van der Waals surface area (Å²) in [6.07, 6.45) is 0.888. The fraction of sp³-hybridized carbons (Fsp3) is 0.222. The van der Waals surface area contributed by atoms with E-state index in [0.717, 1.165) is 15.6 Å². The third-order valence-electron chi connectivity index (χ3n) is 3.47. The topological polar surface area (TPSA) is 58.2 Å². The normalized spacial score (nSPS) is 10.3. The van der Waals surface area contributed by atoms with Crippen molar-refractivity contribution in [2.75, 3.05) is 11.9 Å². The first-order valence-corrected chi connectivity index (χ1v) is 8.69. The van der Waals surface area contributed by atoms with Crippen molar-refractivity contribution in [2.45, 2.75) is 19.8 Å². The second-order valence-corrected chi connectivity index (χ2v) is 6.65. The van der Waals surface area contributed by atoms with Crippen LogP contribution in [-0.4, -0.2) is 18.4 Å². The van der Waals surface area contributed by atoms with Crippen LogP contribution in [0.1, 0.15) is 17.5 Å². The lowest BCUT2D eigenvalue weighted by Gasteiger charge is -2.08. The average Bonchev–Trinajstić information content (AvgIpc) is 2.56. The summed E-state index contributed by atoms with van der Waals surface area (Å²) in [5, 5.41) is 6.05. The Kier molecular flexibility index (Phi) is 6.82. The molecule has 0 aromatic heterocycles. The van der Waals surface area contributed by atoms with Gasteiger partial charge >= 0.3 is 0 Å². The van der Waals surface area contributed by atoms with E-state index >= 15 is 0 Å². The molecule has 0 saturated carbocycles. The third kappa shape index (κ3) is 5.65. The van der Waals surface area contributed by atoms with Crippen molar-refractivity contribution < 1.29 is 9.59 Å². The Morgan fingerprint density at radius 3 is 2.58 bits per heavy atom. The number of nitrogens with one attached hydrogen (secondary N) is 2. The van der Waals surface area contributed by atoms with Crippen LogP contribution in [0.2, 0.25) is 5.02 Å². The van der Waals surface area contributed by atoms with Gasteiger partial charge in [0.15, 0.2) is 0 Å². The van der Waals surface area contributed by atoms with Gasteiger partial charge in [0.1, 0.15) is 0 Å². The fourth-order valence-corrected chi connectivity index (χ4v) is 2.66. The maximum Gasteiger partial charge on any atom is 0.243 e. The predicted molar refractivity (Wildman–Crippen MR) is 100 cm³/mol. The van der Waals surface area contributed by atoms with Gasteiger partial charge < -0.3 is 10.6 Å². The molecular weight excluding hydrogens is 392 g/mol. The van der Waals surface area contributed by atoms with Gasteiger partial charge in [0, 0.05) is 15.9 Å². The molecule has 4 nitrogen and oxygen atoms in total. The van der Waals surface area contributed by atoms with Crippen LogP contribution in [0.3, 0.4) is 0 Å². The van der Waals surface area contributed by atoms with E-state index in [1.54, 1.807) is 6.07 Å². The molecule has 24 heavy (non-hydrogen) atoms. The number of hydrogen-bond donors (Lipinski definition) is 2. The Hall–Kier alpha value is -1.85. The Bertz CT molecular complexity index is 750. The number of para-hydroxylation sites is 1. The largest absolute Gasteiger partial charge is 0.347 e. The summed E-state index contributed by atoms with van der Waals surface area (Å²) >= 11 is 9.42. The van der Waals surface area contributed by atoms with Crippen LogP contribution < -0.4 is 10.6 Å². The molecule has 0 radical (unpaired) electrons. The molecule has 0 bridgehead atoms. The highest BCUT2D eigenvalue weighted by Gasteiger charge is 2.08. The molecule has 0 fully saturated rings. The van der Waals surface area contributed by atoms with E-state index in [4.69, 9.17) is 11.6 Å². The van der Waals surface area contributed by atoms with Gasteiger partial charge in [-0.05, 0) is 58.6 Å². The number of anilines is 1. The molecular formula is C18H18BrClN2O2. The molecule has 126 valence electrons. The van der Waals surface area contributed by atoms with E-state index in [0.29, 0.717) is 23.6 Å². The molecule has 0 unspecified atom stereocenters. The lowest BCUT2D eigenvalue weighted by Crippen LogP contribution is -2.33. The molecule has 2 amide bonds. The highest BCUT2D eigenvalue weighted by molar-refractivity contribution is 9.10. The zero-order valence-corrected chi connectivity index (χ0v) is 15.6. The van der Waals surface area contributed by atoms with E-state index in [1.807, 2.05) is 43.3 Å². The third-order valence-corrected chi connectivity index (χ3v) is 4.57. The molecule has 0 heterocycles. The molecule has 2 N–H and O–H groups in total. The van der Waals surface area contributed by atoms with Crippen molar-refractivity contribution in [3.63, 3.8) is 0 Å². The number of aryl methyl sites for hydroxylation is 2. The predicted octanol–water partition coefficient (Wildman–Crippen LogP) is 4.10. The molecule has 0 aliphatic rings. The van der Waals surface area contributed by atoms with Gasteiger partial charge in [0.05, 0.1) is 12.2 Å². The van der Waals surface area contributed by atoms with Crippen molar-refractivity contribution in [2.24, 2.45) is 0 Å². The van der Waals surface area contributed by atoms with Crippen LogP contribution in [-0.2, 0) is 16.0 Å². The number of hydrogen-bond acceptors (Lipinski definition) is 2. The van der Waals surface area contributed by atoms with Crippen molar-refractivity contribution in [3.05, 3.63) is 63.1 Å². The van der Waals surface area contributed by atoms with Gasteiger partial charge in [-0.3, -0.25) is 9.59 Å². The standard InChI is InChI=1S/C18H18BrClN2O2/c1-12-6-7-13(10-15(12)20)8-9-17(23)21-11-18(24)22-16-5-3-2-4-14(16)19/h2-7,10H,8-9,11H2,1H3,(H,21,23)(H,22,24). The SMILES string of the molecule is Cc1ccc(CCC(=O)NCC(=O)Nc2ccccc2Br)cc1Cl. The molecule has 0 aliphatic carbocycles. The van der Waals surface area contributed by atoms with E-state index in [9.17, 15) is 9.59 Å². The second-order valence-electron chi connectivity index (χ2n) is 5.39. The first-order valence-electron chi connectivity index (χ1n) is 7.52. The Labute approximate surface area is 154 Å². The van der Waals surface area contributed by atoms with Gasteiger partial charge in [-0.25, -0.2) is 0 Å². The van der Waals surface area contributed by atoms with Gasteiger partial charge in [-0.2, -0.15) is 0 Å². The van der Waals surface area contributed by atoms with Crippen LogP contribution in [0.4, 0.5) is 5.69 Å². The lowest BCUT2D eigenvalue weighted by atomic mass is 10.1. The van der Waals surface area contributed by atoms with Crippen molar-refractivity contribution in [3.8, 4) is 0 Å². The molecule has 0 saturated heterocycles. The summed E-state index contributed by atoms with van der Waals surface area (Å²) in [7, 11) is 0. The molecule has 0 atom stereocenters. The molecule has 2 aromatic rings. The summed E-state index contributed by atoms with van der Waals surface area (Å²) in [6.45, 7) is 1.87. The lowest BCUT2D eigenvalue weighted by molar-refractivity contribution is -0.124. The van der Waals surface area contributed by atoms with Crippen LogP contribution in [0.5, 0.6) is 0 Å². The number of halogens is 2. The summed E-state index contributed by atoms with van der Waals surface area (Å²) in [4.78, 5) is 23.7. The van der Waals surface area contributed by atoms with E-state index < -0.39 is 0 Å². The quantitative estimate of drug-likeness (QED) is 0.754. The fourth-order valence-electron chi connectivity index (χ4n) is 2.07. The van der Waals surface area contributed by atoms with Gasteiger partial charge in [-0.15, -0.1) is 0 Å². The number of carbonyl (C=O) groups excluding carboxylic acids is 2. The second kappa shape index (κ2) is 8.85. The summed E-state index contributed by atoms with van der Waals surface area (Å²) in [5.74, 6) is -0.442. The van der Waals surface area contributed by atoms with Crippen LogP contribution in [0.25, 0.3) is 0 Å². The zero-order valence-electron chi connectivity index (χ0n) is 13.2. The van der Waals surface area contributed by atoms with Crippen molar-refractivity contribution in [1.82, 2.24) is 5.32 Å². The van der Waals surface area contributed by atoms with E-state index in [2.05, 4.69) is 26.6 Å². The minimum atomic E-state index is -0.270. The van der Waals surface area contributed by atoms with Crippen LogP contribution in [0, 0.1) is 6.92 Å². The average molecular weight is 410 g/mol. The Morgan fingerprint density at radius 1 is 1.12 bits per heavy atom. The molecule has 2 aromatic carbocycles. The van der Waals surface area contributed by atoms with Crippen molar-refractivity contribution >= 4 is 45.0 Å². The Morgan fingerprint density at radius 2 is 1.88 bits per heavy atom. The monoisotopic (exact) mass is 408 g/mol. The van der Waals surface area contributed by atoms with Gasteiger partial charge in [0.25, 0.3) is 0 Å².